The Bertz CT molecular complexity index is 249. The molecule has 0 atom stereocenters. The van der Waals surface area contributed by atoms with Crippen LogP contribution in [0.3, 0.4) is 0 Å². The highest BCUT2D eigenvalue weighted by molar-refractivity contribution is 7.54. The van der Waals surface area contributed by atoms with E-state index in [0.717, 1.165) is 0 Å². The highest BCUT2D eigenvalue weighted by Crippen LogP contribution is 2.46. The maximum Gasteiger partial charge on any atom is 0.337 e. The van der Waals surface area contributed by atoms with Crippen molar-refractivity contribution in [2.75, 3.05) is 20.4 Å². The Hall–Kier alpha value is -0.440. The summed E-state index contributed by atoms with van der Waals surface area (Å²) >= 11 is 0. The Kier molecular flexibility index (Phi) is 5.14. The SMILES string of the molecule is CC=C(C)C(=O)CP(=O)(OC)OC. The van der Waals surface area contributed by atoms with Gasteiger partial charge in [0.25, 0.3) is 0 Å². The molecule has 0 bridgehead atoms. The maximum atomic E-state index is 11.5. The fourth-order valence-corrected chi connectivity index (χ4v) is 1.67. The molecule has 0 unspecified atom stereocenters. The second-order valence-corrected chi connectivity index (χ2v) is 4.80. The first-order valence-corrected chi connectivity index (χ1v) is 5.58. The van der Waals surface area contributed by atoms with Gasteiger partial charge in [0, 0.05) is 14.2 Å². The lowest BCUT2D eigenvalue weighted by atomic mass is 10.2. The van der Waals surface area contributed by atoms with E-state index in [1.165, 1.54) is 14.2 Å². The first-order chi connectivity index (χ1) is 5.99. The Morgan fingerprint density at radius 3 is 2.15 bits per heavy atom. The molecule has 0 fully saturated rings. The predicted octanol–water partition coefficient (Wildman–Crippen LogP) is 2.01. The van der Waals surface area contributed by atoms with Gasteiger partial charge in [-0.3, -0.25) is 9.36 Å². The van der Waals surface area contributed by atoms with Gasteiger partial charge in [0.05, 0.1) is 0 Å². The van der Waals surface area contributed by atoms with E-state index < -0.39 is 7.60 Å². The summed E-state index contributed by atoms with van der Waals surface area (Å²) in [4.78, 5) is 11.3. The van der Waals surface area contributed by atoms with Crippen molar-refractivity contribution in [1.82, 2.24) is 0 Å². The van der Waals surface area contributed by atoms with Gasteiger partial charge in [-0.05, 0) is 19.4 Å². The number of Topliss-reactive ketones (excluding diaryl/α,β-unsaturated/α-hetero) is 1. The zero-order chi connectivity index (χ0) is 10.5. The van der Waals surface area contributed by atoms with Crippen molar-refractivity contribution in [2.24, 2.45) is 0 Å². The van der Waals surface area contributed by atoms with Crippen molar-refractivity contribution in [3.63, 3.8) is 0 Å². The molecule has 0 heterocycles. The van der Waals surface area contributed by atoms with Crippen molar-refractivity contribution < 1.29 is 18.4 Å². The summed E-state index contributed by atoms with van der Waals surface area (Å²) < 4.78 is 20.8. The van der Waals surface area contributed by atoms with E-state index in [0.29, 0.717) is 5.57 Å². The highest BCUT2D eigenvalue weighted by Gasteiger charge is 2.25. The summed E-state index contributed by atoms with van der Waals surface area (Å²) in [6.45, 7) is 3.41. The van der Waals surface area contributed by atoms with Crippen LogP contribution in [-0.2, 0) is 18.4 Å². The van der Waals surface area contributed by atoms with Gasteiger partial charge in [-0.15, -0.1) is 0 Å². The molecule has 0 aromatic rings. The Balaban J connectivity index is 4.44. The third-order valence-corrected chi connectivity index (χ3v) is 3.55. The molecule has 0 saturated heterocycles. The molecule has 0 aliphatic carbocycles. The summed E-state index contributed by atoms with van der Waals surface area (Å²) in [6.07, 6.45) is 1.47. The molecule has 0 aromatic heterocycles. The number of ketones is 1. The minimum Gasteiger partial charge on any atom is -0.312 e. The minimum atomic E-state index is -3.19. The lowest BCUT2D eigenvalue weighted by Crippen LogP contribution is -2.08. The molecule has 0 aliphatic heterocycles. The molecular formula is C8H15O4P. The summed E-state index contributed by atoms with van der Waals surface area (Å²) in [7, 11) is -0.662. The van der Waals surface area contributed by atoms with Crippen LogP contribution in [0.15, 0.2) is 11.6 Å². The smallest absolute Gasteiger partial charge is 0.312 e. The molecule has 4 nitrogen and oxygen atoms in total. The van der Waals surface area contributed by atoms with E-state index >= 15 is 0 Å². The van der Waals surface area contributed by atoms with Gasteiger partial charge in [-0.2, -0.15) is 0 Å². The third kappa shape index (κ3) is 3.85. The molecule has 0 aliphatic rings. The molecular weight excluding hydrogens is 191 g/mol. The Morgan fingerprint density at radius 1 is 1.38 bits per heavy atom. The van der Waals surface area contributed by atoms with Crippen LogP contribution in [0.5, 0.6) is 0 Å². The van der Waals surface area contributed by atoms with Crippen LogP contribution in [-0.4, -0.2) is 26.2 Å². The molecule has 0 amide bonds. The molecule has 0 radical (unpaired) electrons. The monoisotopic (exact) mass is 206 g/mol. The summed E-state index contributed by atoms with van der Waals surface area (Å²) in [5.74, 6) is -0.213. The van der Waals surface area contributed by atoms with E-state index in [4.69, 9.17) is 0 Å². The topological polar surface area (TPSA) is 52.6 Å². The molecule has 13 heavy (non-hydrogen) atoms. The Morgan fingerprint density at radius 2 is 1.85 bits per heavy atom. The molecule has 0 spiro atoms. The number of carbonyl (C=O) groups is 1. The quantitative estimate of drug-likeness (QED) is 0.510. The molecule has 0 rings (SSSR count). The first kappa shape index (κ1) is 12.6. The third-order valence-electron chi connectivity index (χ3n) is 1.77. The van der Waals surface area contributed by atoms with E-state index in [1.807, 2.05) is 0 Å². The van der Waals surface area contributed by atoms with Crippen LogP contribution in [0.25, 0.3) is 0 Å². The number of allylic oxidation sites excluding steroid dienone is 2. The van der Waals surface area contributed by atoms with Crippen LogP contribution in [0, 0.1) is 0 Å². The average molecular weight is 206 g/mol. The standard InChI is InChI=1S/C8H15O4P/c1-5-7(2)8(9)6-13(10,11-3)12-4/h5H,6H2,1-4H3. The second kappa shape index (κ2) is 5.32. The maximum absolute atomic E-state index is 11.5. The van der Waals surface area contributed by atoms with Gasteiger partial charge in [-0.1, -0.05) is 6.08 Å². The number of carbonyl (C=O) groups excluding carboxylic acids is 1. The van der Waals surface area contributed by atoms with Crippen molar-refractivity contribution in [2.45, 2.75) is 13.8 Å². The van der Waals surface area contributed by atoms with Crippen LogP contribution in [0.1, 0.15) is 13.8 Å². The van der Waals surface area contributed by atoms with E-state index in [1.54, 1.807) is 19.9 Å². The zero-order valence-electron chi connectivity index (χ0n) is 8.36. The van der Waals surface area contributed by atoms with Gasteiger partial charge in [0.1, 0.15) is 6.16 Å². The van der Waals surface area contributed by atoms with Crippen LogP contribution >= 0.6 is 7.60 Å². The van der Waals surface area contributed by atoms with Crippen molar-refractivity contribution in [3.8, 4) is 0 Å². The van der Waals surface area contributed by atoms with Gasteiger partial charge < -0.3 is 9.05 Å². The molecule has 76 valence electrons. The number of hydrogen-bond donors (Lipinski definition) is 0. The molecule has 0 saturated carbocycles. The lowest BCUT2D eigenvalue weighted by Gasteiger charge is -2.12. The Labute approximate surface area is 78.5 Å². The predicted molar refractivity (Wildman–Crippen MR) is 50.9 cm³/mol. The highest BCUT2D eigenvalue weighted by atomic mass is 31.2. The molecule has 0 N–H and O–H groups in total. The van der Waals surface area contributed by atoms with Gasteiger partial charge >= 0.3 is 7.60 Å². The van der Waals surface area contributed by atoms with Crippen LogP contribution in [0.2, 0.25) is 0 Å². The van der Waals surface area contributed by atoms with Crippen molar-refractivity contribution in [1.29, 1.82) is 0 Å². The van der Waals surface area contributed by atoms with E-state index in [9.17, 15) is 9.36 Å². The average Bonchev–Trinajstić information content (AvgIpc) is 2.16. The van der Waals surface area contributed by atoms with Crippen molar-refractivity contribution >= 4 is 13.4 Å². The van der Waals surface area contributed by atoms with Crippen molar-refractivity contribution in [3.05, 3.63) is 11.6 Å². The van der Waals surface area contributed by atoms with E-state index in [-0.39, 0.29) is 11.9 Å². The number of hydrogen-bond acceptors (Lipinski definition) is 4. The summed E-state index contributed by atoms with van der Waals surface area (Å²) in [5, 5.41) is 0. The van der Waals surface area contributed by atoms with Crippen LogP contribution in [0.4, 0.5) is 0 Å². The van der Waals surface area contributed by atoms with Gasteiger partial charge in [-0.25, -0.2) is 0 Å². The summed E-state index contributed by atoms with van der Waals surface area (Å²) in [5.41, 5.74) is 0.564. The largest absolute Gasteiger partial charge is 0.337 e. The molecule has 5 heteroatoms. The first-order valence-electron chi connectivity index (χ1n) is 3.85. The normalized spacial score (nSPS) is 13.1. The molecule has 0 aromatic carbocycles. The van der Waals surface area contributed by atoms with Gasteiger partial charge in [0.15, 0.2) is 5.78 Å². The number of rotatable bonds is 5. The lowest BCUT2D eigenvalue weighted by molar-refractivity contribution is -0.113. The minimum absolute atomic E-state index is 0.198. The zero-order valence-corrected chi connectivity index (χ0v) is 9.26. The van der Waals surface area contributed by atoms with E-state index in [2.05, 4.69) is 9.05 Å². The fraction of sp³-hybridized carbons (Fsp3) is 0.625. The summed E-state index contributed by atoms with van der Waals surface area (Å²) in [6, 6.07) is 0. The van der Waals surface area contributed by atoms with Crippen LogP contribution < -0.4 is 0 Å². The second-order valence-electron chi connectivity index (χ2n) is 2.53. The fourth-order valence-electron chi connectivity index (χ4n) is 0.665. The van der Waals surface area contributed by atoms with Gasteiger partial charge in [0.2, 0.25) is 0 Å².